The van der Waals surface area contributed by atoms with Crippen molar-refractivity contribution >= 4 is 23.3 Å². The lowest BCUT2D eigenvalue weighted by atomic mass is 10.0. The number of halogens is 1. The van der Waals surface area contributed by atoms with Gasteiger partial charge in [0.25, 0.3) is 17.6 Å². The summed E-state index contributed by atoms with van der Waals surface area (Å²) in [5.41, 5.74) is 1.05. The monoisotopic (exact) mass is 388 g/mol. The van der Waals surface area contributed by atoms with Gasteiger partial charge < -0.3 is 15.2 Å². The topological polar surface area (TPSA) is 93.1 Å². The van der Waals surface area contributed by atoms with Crippen LogP contribution in [0.15, 0.2) is 18.3 Å². The van der Waals surface area contributed by atoms with Crippen LogP contribution in [0.3, 0.4) is 0 Å². The van der Waals surface area contributed by atoms with Crippen molar-refractivity contribution in [1.29, 1.82) is 0 Å². The second kappa shape index (κ2) is 7.92. The Balaban J connectivity index is 2.36. The van der Waals surface area contributed by atoms with Crippen LogP contribution in [0, 0.1) is 19.8 Å². The summed E-state index contributed by atoms with van der Waals surface area (Å²) in [6.45, 7) is 8.86. The first-order valence-electron chi connectivity index (χ1n) is 8.94. The predicted molar refractivity (Wildman–Crippen MR) is 104 cm³/mol. The highest BCUT2D eigenvalue weighted by atomic mass is 19.1. The second-order valence-corrected chi connectivity index (χ2v) is 7.34. The molecule has 0 aliphatic carbocycles. The Hall–Kier alpha value is -3.03. The third kappa shape index (κ3) is 4.27. The molecule has 0 unspecified atom stereocenters. The highest BCUT2D eigenvalue weighted by Crippen LogP contribution is 2.23. The Morgan fingerprint density at radius 3 is 2.46 bits per heavy atom. The third-order valence-corrected chi connectivity index (χ3v) is 4.90. The Bertz CT molecular complexity index is 947. The van der Waals surface area contributed by atoms with Gasteiger partial charge in [0, 0.05) is 36.2 Å². The molecule has 0 aromatic carbocycles. The Morgan fingerprint density at radius 1 is 1.25 bits per heavy atom. The minimum Gasteiger partial charge on any atom is -0.344 e. The van der Waals surface area contributed by atoms with E-state index in [2.05, 4.69) is 15.6 Å². The smallest absolute Gasteiger partial charge is 0.294 e. The summed E-state index contributed by atoms with van der Waals surface area (Å²) in [5, 5.41) is 5.30. The average Bonchev–Trinajstić information content (AvgIpc) is 2.83. The second-order valence-electron chi connectivity index (χ2n) is 7.34. The number of amides is 2. The fraction of sp³-hybridized carbons (Fsp3) is 0.400. The van der Waals surface area contributed by atoms with Crippen LogP contribution in [-0.4, -0.2) is 32.7 Å². The summed E-state index contributed by atoms with van der Waals surface area (Å²) in [6.07, 6.45) is 1.90. The number of nitrogens with one attached hydrogen (secondary N) is 2. The maximum Gasteiger partial charge on any atom is 0.294 e. The summed E-state index contributed by atoms with van der Waals surface area (Å²) >= 11 is 0. The number of pyridine rings is 1. The van der Waals surface area contributed by atoms with Crippen LogP contribution in [0.1, 0.15) is 59.3 Å². The van der Waals surface area contributed by atoms with E-state index in [0.717, 1.165) is 6.07 Å². The number of aromatic nitrogens is 2. The molecule has 2 amide bonds. The predicted octanol–water partition coefficient (Wildman–Crippen LogP) is 2.92. The van der Waals surface area contributed by atoms with Gasteiger partial charge in [-0.15, -0.1) is 0 Å². The molecule has 28 heavy (non-hydrogen) atoms. The van der Waals surface area contributed by atoms with Crippen molar-refractivity contribution in [3.63, 3.8) is 0 Å². The van der Waals surface area contributed by atoms with Gasteiger partial charge in [-0.05, 0) is 45.7 Å². The van der Waals surface area contributed by atoms with E-state index < -0.39 is 29.1 Å². The van der Waals surface area contributed by atoms with Crippen LogP contribution >= 0.6 is 0 Å². The lowest BCUT2D eigenvalue weighted by Gasteiger charge is -2.24. The molecule has 0 saturated carbocycles. The number of rotatable bonds is 6. The van der Waals surface area contributed by atoms with Gasteiger partial charge in [-0.1, -0.05) is 6.92 Å². The van der Waals surface area contributed by atoms with Crippen LogP contribution in [0.25, 0.3) is 0 Å². The molecule has 8 heteroatoms. The number of anilines is 1. The normalized spacial score (nSPS) is 11.2. The lowest BCUT2D eigenvalue weighted by molar-refractivity contribution is -0.118. The standard InChI is InChI=1S/C20H25FN4O3/c1-7-20(4,5)24-19(28)17(26)16-11(2)15(12(3)25(16)6)18(27)23-13-8-9-22-14(21)10-13/h8-10H,7H2,1-6H3,(H,24,28)(H,22,23,27). The Labute approximate surface area is 163 Å². The van der Waals surface area contributed by atoms with Gasteiger partial charge in [0.15, 0.2) is 0 Å². The van der Waals surface area contributed by atoms with Crippen molar-refractivity contribution in [3.8, 4) is 0 Å². The number of hydrogen-bond acceptors (Lipinski definition) is 4. The summed E-state index contributed by atoms with van der Waals surface area (Å²) < 4.78 is 14.8. The summed E-state index contributed by atoms with van der Waals surface area (Å²) in [7, 11) is 1.62. The SMILES string of the molecule is CCC(C)(C)NC(=O)C(=O)c1c(C)c(C(=O)Nc2ccnc(F)c2)c(C)n1C. The molecule has 2 rings (SSSR count). The lowest BCUT2D eigenvalue weighted by Crippen LogP contribution is -2.46. The molecule has 2 aromatic heterocycles. The number of Topliss-reactive ketones (excluding diaryl/α,β-unsaturated/α-hetero) is 1. The van der Waals surface area contributed by atoms with E-state index >= 15 is 0 Å². The van der Waals surface area contributed by atoms with Gasteiger partial charge in [-0.25, -0.2) is 4.98 Å². The first kappa shape index (κ1) is 21.3. The molecule has 0 radical (unpaired) electrons. The first-order valence-corrected chi connectivity index (χ1v) is 8.94. The van der Waals surface area contributed by atoms with Crippen molar-refractivity contribution in [1.82, 2.24) is 14.9 Å². The van der Waals surface area contributed by atoms with Crippen LogP contribution in [0.5, 0.6) is 0 Å². The summed E-state index contributed by atoms with van der Waals surface area (Å²) in [5.74, 6) is -2.65. The Morgan fingerprint density at radius 2 is 1.89 bits per heavy atom. The molecule has 0 atom stereocenters. The highest BCUT2D eigenvalue weighted by Gasteiger charge is 2.30. The Kier molecular flexibility index (Phi) is 6.01. The molecule has 2 aromatic rings. The van der Waals surface area contributed by atoms with Crippen LogP contribution in [0.4, 0.5) is 10.1 Å². The van der Waals surface area contributed by atoms with Gasteiger partial charge >= 0.3 is 0 Å². The van der Waals surface area contributed by atoms with Crippen LogP contribution < -0.4 is 10.6 Å². The van der Waals surface area contributed by atoms with Crippen LogP contribution in [0.2, 0.25) is 0 Å². The molecule has 0 aliphatic rings. The van der Waals surface area contributed by atoms with Crippen LogP contribution in [-0.2, 0) is 11.8 Å². The first-order chi connectivity index (χ1) is 13.0. The van der Waals surface area contributed by atoms with Gasteiger partial charge in [-0.3, -0.25) is 14.4 Å². The molecule has 0 spiro atoms. The third-order valence-electron chi connectivity index (χ3n) is 4.90. The number of nitrogens with zero attached hydrogens (tertiary/aromatic N) is 2. The van der Waals surface area contributed by atoms with Crippen molar-refractivity contribution in [2.75, 3.05) is 5.32 Å². The highest BCUT2D eigenvalue weighted by molar-refractivity contribution is 6.43. The number of carbonyl (C=O) groups excluding carboxylic acids is 3. The summed E-state index contributed by atoms with van der Waals surface area (Å²) in [4.78, 5) is 41.3. The van der Waals surface area contributed by atoms with Gasteiger partial charge in [-0.2, -0.15) is 4.39 Å². The molecule has 0 aliphatic heterocycles. The molecular formula is C20H25FN4O3. The largest absolute Gasteiger partial charge is 0.344 e. The number of ketones is 1. The number of hydrogen-bond donors (Lipinski definition) is 2. The molecule has 0 saturated heterocycles. The molecule has 0 bridgehead atoms. The molecular weight excluding hydrogens is 363 g/mol. The quantitative estimate of drug-likeness (QED) is 0.452. The minimum atomic E-state index is -0.723. The van der Waals surface area contributed by atoms with Crippen molar-refractivity contribution in [3.05, 3.63) is 46.8 Å². The molecule has 150 valence electrons. The molecule has 2 heterocycles. The maximum absolute atomic E-state index is 13.3. The average molecular weight is 388 g/mol. The van der Waals surface area contributed by atoms with Crippen molar-refractivity contribution in [2.24, 2.45) is 7.05 Å². The van der Waals surface area contributed by atoms with E-state index in [4.69, 9.17) is 0 Å². The van der Waals surface area contributed by atoms with E-state index in [-0.39, 0.29) is 16.9 Å². The van der Waals surface area contributed by atoms with E-state index in [1.165, 1.54) is 16.8 Å². The molecule has 0 fully saturated rings. The maximum atomic E-state index is 13.3. The van der Waals surface area contributed by atoms with Crippen molar-refractivity contribution in [2.45, 2.75) is 46.6 Å². The van der Waals surface area contributed by atoms with E-state index in [0.29, 0.717) is 17.7 Å². The van der Waals surface area contributed by atoms with E-state index in [1.807, 2.05) is 20.8 Å². The van der Waals surface area contributed by atoms with Gasteiger partial charge in [0.05, 0.1) is 11.3 Å². The fourth-order valence-corrected chi connectivity index (χ4v) is 2.87. The van der Waals surface area contributed by atoms with E-state index in [1.54, 1.807) is 20.9 Å². The van der Waals surface area contributed by atoms with Gasteiger partial charge in [0.2, 0.25) is 5.95 Å². The fourth-order valence-electron chi connectivity index (χ4n) is 2.87. The van der Waals surface area contributed by atoms with Gasteiger partial charge in [0.1, 0.15) is 0 Å². The molecule has 2 N–H and O–H groups in total. The number of carbonyl (C=O) groups is 3. The van der Waals surface area contributed by atoms with Crippen molar-refractivity contribution < 1.29 is 18.8 Å². The molecule has 7 nitrogen and oxygen atoms in total. The zero-order chi connectivity index (χ0) is 21.2. The summed E-state index contributed by atoms with van der Waals surface area (Å²) in [6, 6.07) is 2.55. The zero-order valence-electron chi connectivity index (χ0n) is 16.9. The zero-order valence-corrected chi connectivity index (χ0v) is 16.9. The minimum absolute atomic E-state index is 0.146. The van der Waals surface area contributed by atoms with E-state index in [9.17, 15) is 18.8 Å².